The normalized spacial score (nSPS) is 19.7. The van der Waals surface area contributed by atoms with Gasteiger partial charge in [-0.25, -0.2) is 5.84 Å². The van der Waals surface area contributed by atoms with E-state index < -0.39 is 0 Å². The molecule has 100 valence electrons. The summed E-state index contributed by atoms with van der Waals surface area (Å²) in [5, 5.41) is 3.14. The number of hydrogen-bond donors (Lipinski definition) is 3. The molecule has 0 aromatic heterocycles. The van der Waals surface area contributed by atoms with Crippen molar-refractivity contribution in [1.29, 1.82) is 0 Å². The third-order valence-electron chi connectivity index (χ3n) is 3.56. The molecule has 0 spiro atoms. The van der Waals surface area contributed by atoms with Gasteiger partial charge in [-0.2, -0.15) is 0 Å². The van der Waals surface area contributed by atoms with Gasteiger partial charge in [-0.05, 0) is 37.5 Å². The maximum atomic E-state index is 5.44. The smallest absolute Gasteiger partial charge is 0.205 e. The summed E-state index contributed by atoms with van der Waals surface area (Å²) in [6, 6.07) is 0. The van der Waals surface area contributed by atoms with Gasteiger partial charge in [-0.15, -0.1) is 0 Å². The molecule has 0 amide bonds. The SMILES string of the molecule is CCNC(=NCC1(CC(C)C)CCCC1)NN. The number of hydrogen-bond acceptors (Lipinski definition) is 2. The van der Waals surface area contributed by atoms with Crippen LogP contribution in [0.5, 0.6) is 0 Å². The molecule has 0 aromatic carbocycles. The summed E-state index contributed by atoms with van der Waals surface area (Å²) in [7, 11) is 0. The molecule has 0 bridgehead atoms. The van der Waals surface area contributed by atoms with Crippen molar-refractivity contribution in [2.24, 2.45) is 22.2 Å². The van der Waals surface area contributed by atoms with Crippen LogP contribution in [0.4, 0.5) is 0 Å². The van der Waals surface area contributed by atoms with Gasteiger partial charge in [0, 0.05) is 13.1 Å². The molecule has 0 unspecified atom stereocenters. The highest BCUT2D eigenvalue weighted by Crippen LogP contribution is 2.43. The van der Waals surface area contributed by atoms with Crippen LogP contribution in [0.25, 0.3) is 0 Å². The van der Waals surface area contributed by atoms with E-state index in [1.54, 1.807) is 0 Å². The van der Waals surface area contributed by atoms with Gasteiger partial charge in [0.15, 0.2) is 0 Å². The molecule has 0 aliphatic heterocycles. The Kier molecular flexibility index (Phi) is 5.75. The number of aliphatic imine (C=N–C) groups is 1. The largest absolute Gasteiger partial charge is 0.356 e. The Hall–Kier alpha value is -0.770. The minimum atomic E-state index is 0.422. The molecule has 4 nitrogen and oxygen atoms in total. The molecule has 4 N–H and O–H groups in total. The zero-order valence-electron chi connectivity index (χ0n) is 11.6. The monoisotopic (exact) mass is 240 g/mol. The summed E-state index contributed by atoms with van der Waals surface area (Å²) in [6.07, 6.45) is 6.63. The number of rotatable bonds is 5. The number of hydrazine groups is 1. The van der Waals surface area contributed by atoms with Gasteiger partial charge in [0.1, 0.15) is 0 Å². The lowest BCUT2D eigenvalue weighted by atomic mass is 9.78. The molecule has 1 aliphatic carbocycles. The van der Waals surface area contributed by atoms with Crippen LogP contribution >= 0.6 is 0 Å². The summed E-state index contributed by atoms with van der Waals surface area (Å²) < 4.78 is 0. The molecule has 4 heteroatoms. The lowest BCUT2D eigenvalue weighted by Crippen LogP contribution is -2.42. The first kappa shape index (κ1) is 14.3. The van der Waals surface area contributed by atoms with Crippen LogP contribution < -0.4 is 16.6 Å². The van der Waals surface area contributed by atoms with Gasteiger partial charge in [0.2, 0.25) is 5.96 Å². The fourth-order valence-corrected chi connectivity index (χ4v) is 2.98. The van der Waals surface area contributed by atoms with Crippen molar-refractivity contribution in [3.05, 3.63) is 0 Å². The molecule has 1 fully saturated rings. The van der Waals surface area contributed by atoms with E-state index in [1.807, 2.05) is 6.92 Å². The molecule has 0 aromatic rings. The summed E-state index contributed by atoms with van der Waals surface area (Å²) in [5.41, 5.74) is 3.06. The minimum Gasteiger partial charge on any atom is -0.356 e. The third-order valence-corrected chi connectivity index (χ3v) is 3.56. The van der Waals surface area contributed by atoms with Crippen LogP contribution in [0, 0.1) is 11.3 Å². The Morgan fingerprint density at radius 1 is 1.35 bits per heavy atom. The zero-order valence-corrected chi connectivity index (χ0v) is 11.6. The molecular weight excluding hydrogens is 212 g/mol. The number of nitrogens with zero attached hydrogens (tertiary/aromatic N) is 1. The van der Waals surface area contributed by atoms with Gasteiger partial charge in [0.05, 0.1) is 0 Å². The predicted molar refractivity (Wildman–Crippen MR) is 73.7 cm³/mol. The van der Waals surface area contributed by atoms with Crippen molar-refractivity contribution in [1.82, 2.24) is 10.7 Å². The number of guanidine groups is 1. The Morgan fingerprint density at radius 2 is 2.00 bits per heavy atom. The van der Waals surface area contributed by atoms with E-state index in [9.17, 15) is 0 Å². The average molecular weight is 240 g/mol. The van der Waals surface area contributed by atoms with Gasteiger partial charge in [0.25, 0.3) is 0 Å². The average Bonchev–Trinajstić information content (AvgIpc) is 2.72. The van der Waals surface area contributed by atoms with Gasteiger partial charge < -0.3 is 5.32 Å². The van der Waals surface area contributed by atoms with Crippen molar-refractivity contribution >= 4 is 5.96 Å². The van der Waals surface area contributed by atoms with Crippen LogP contribution in [-0.2, 0) is 0 Å². The lowest BCUT2D eigenvalue weighted by molar-refractivity contribution is 0.245. The van der Waals surface area contributed by atoms with E-state index in [4.69, 9.17) is 5.84 Å². The van der Waals surface area contributed by atoms with Gasteiger partial charge in [-0.3, -0.25) is 10.4 Å². The Morgan fingerprint density at radius 3 is 2.47 bits per heavy atom. The predicted octanol–water partition coefficient (Wildman–Crippen LogP) is 2.02. The van der Waals surface area contributed by atoms with E-state index in [2.05, 4.69) is 29.6 Å². The number of nitrogens with two attached hydrogens (primary N) is 1. The van der Waals surface area contributed by atoms with Crippen molar-refractivity contribution in [3.8, 4) is 0 Å². The summed E-state index contributed by atoms with van der Waals surface area (Å²) in [5.74, 6) is 6.92. The lowest BCUT2D eigenvalue weighted by Gasteiger charge is -2.29. The fraction of sp³-hybridized carbons (Fsp3) is 0.923. The van der Waals surface area contributed by atoms with Crippen LogP contribution in [-0.4, -0.2) is 19.0 Å². The molecule has 0 saturated heterocycles. The first-order valence-electron chi connectivity index (χ1n) is 6.87. The summed E-state index contributed by atoms with van der Waals surface area (Å²) >= 11 is 0. The highest BCUT2D eigenvalue weighted by atomic mass is 15.3. The first-order valence-corrected chi connectivity index (χ1v) is 6.87. The van der Waals surface area contributed by atoms with E-state index in [0.29, 0.717) is 5.41 Å². The minimum absolute atomic E-state index is 0.422. The van der Waals surface area contributed by atoms with Crippen LogP contribution in [0.15, 0.2) is 4.99 Å². The Bertz CT molecular complexity index is 242. The molecule has 1 aliphatic rings. The second-order valence-corrected chi connectivity index (χ2v) is 5.64. The quantitative estimate of drug-likeness (QED) is 0.298. The molecule has 0 radical (unpaired) electrons. The molecule has 0 heterocycles. The molecule has 0 atom stereocenters. The van der Waals surface area contributed by atoms with Gasteiger partial charge >= 0.3 is 0 Å². The van der Waals surface area contributed by atoms with E-state index in [-0.39, 0.29) is 0 Å². The fourth-order valence-electron chi connectivity index (χ4n) is 2.98. The third kappa shape index (κ3) is 4.54. The Balaban J connectivity index is 2.60. The second kappa shape index (κ2) is 6.84. The summed E-state index contributed by atoms with van der Waals surface area (Å²) in [4.78, 5) is 4.61. The van der Waals surface area contributed by atoms with Crippen molar-refractivity contribution in [3.63, 3.8) is 0 Å². The Labute approximate surface area is 105 Å². The van der Waals surface area contributed by atoms with Gasteiger partial charge in [-0.1, -0.05) is 26.7 Å². The van der Waals surface area contributed by atoms with E-state index in [0.717, 1.165) is 25.0 Å². The highest BCUT2D eigenvalue weighted by molar-refractivity contribution is 5.79. The standard InChI is InChI=1S/C13H28N4/c1-4-15-12(17-14)16-10-13(9-11(2)3)7-5-6-8-13/h11H,4-10,14H2,1-3H3,(H2,15,16,17). The van der Waals surface area contributed by atoms with E-state index in [1.165, 1.54) is 32.1 Å². The number of nitrogens with one attached hydrogen (secondary N) is 2. The maximum absolute atomic E-state index is 5.44. The molecule has 17 heavy (non-hydrogen) atoms. The van der Waals surface area contributed by atoms with Crippen LogP contribution in [0.1, 0.15) is 52.9 Å². The van der Waals surface area contributed by atoms with Crippen LogP contribution in [0.2, 0.25) is 0 Å². The maximum Gasteiger partial charge on any atom is 0.205 e. The van der Waals surface area contributed by atoms with Crippen molar-refractivity contribution < 1.29 is 0 Å². The first-order chi connectivity index (χ1) is 8.12. The molecule has 1 saturated carbocycles. The highest BCUT2D eigenvalue weighted by Gasteiger charge is 2.34. The topological polar surface area (TPSA) is 62.4 Å². The second-order valence-electron chi connectivity index (χ2n) is 5.64. The zero-order chi connectivity index (χ0) is 12.7. The molecular formula is C13H28N4. The molecule has 1 rings (SSSR count). The van der Waals surface area contributed by atoms with Crippen molar-refractivity contribution in [2.75, 3.05) is 13.1 Å². The van der Waals surface area contributed by atoms with Crippen LogP contribution in [0.3, 0.4) is 0 Å². The summed E-state index contributed by atoms with van der Waals surface area (Å²) in [6.45, 7) is 8.40. The van der Waals surface area contributed by atoms with E-state index >= 15 is 0 Å². The van der Waals surface area contributed by atoms with Crippen molar-refractivity contribution in [2.45, 2.75) is 52.9 Å².